The van der Waals surface area contributed by atoms with Crippen molar-refractivity contribution in [3.8, 4) is 11.5 Å². The van der Waals surface area contributed by atoms with Crippen LogP contribution >= 0.6 is 31.9 Å². The van der Waals surface area contributed by atoms with Gasteiger partial charge in [0.25, 0.3) is 0 Å². The first-order valence-electron chi connectivity index (χ1n) is 11.7. The fourth-order valence-corrected chi connectivity index (χ4v) is 4.53. The summed E-state index contributed by atoms with van der Waals surface area (Å²) in [5, 5.41) is 4.58. The van der Waals surface area contributed by atoms with E-state index < -0.39 is 0 Å². The van der Waals surface area contributed by atoms with Crippen LogP contribution in [0.3, 0.4) is 0 Å². The zero-order valence-electron chi connectivity index (χ0n) is 18.6. The highest BCUT2D eigenvalue weighted by Gasteiger charge is 2.13. The Hall–Kier alpha value is -0.740. The van der Waals surface area contributed by atoms with E-state index in [0.29, 0.717) is 0 Å². The lowest BCUT2D eigenvalue weighted by Gasteiger charge is -2.17. The van der Waals surface area contributed by atoms with Gasteiger partial charge in [-0.05, 0) is 43.7 Å². The Kier molecular flexibility index (Phi) is 13.6. The fraction of sp³-hybridized carbons (Fsp3) is 0.615. The molecule has 2 aromatic rings. The quantitative estimate of drug-likeness (QED) is 0.147. The maximum absolute atomic E-state index is 6.31. The third-order valence-corrected chi connectivity index (χ3v) is 6.60. The Morgan fingerprint density at radius 1 is 0.667 bits per heavy atom. The Morgan fingerprint density at radius 3 is 1.80 bits per heavy atom. The molecule has 30 heavy (non-hydrogen) atoms. The van der Waals surface area contributed by atoms with Gasteiger partial charge in [0.15, 0.2) is 0 Å². The zero-order valence-corrected chi connectivity index (χ0v) is 21.7. The number of aryl methyl sites for hydroxylation is 1. The fourth-order valence-electron chi connectivity index (χ4n) is 3.73. The molecule has 0 spiro atoms. The van der Waals surface area contributed by atoms with Gasteiger partial charge in [-0.3, -0.25) is 0 Å². The van der Waals surface area contributed by atoms with Gasteiger partial charge in [-0.1, -0.05) is 102 Å². The highest BCUT2D eigenvalue weighted by Crippen LogP contribution is 2.37. The number of alkyl halides is 2. The predicted molar refractivity (Wildman–Crippen MR) is 138 cm³/mol. The Bertz CT molecular complexity index is 717. The van der Waals surface area contributed by atoms with E-state index in [1.54, 1.807) is 0 Å². The number of ether oxygens (including phenoxy) is 2. The first-order valence-corrected chi connectivity index (χ1v) is 14.0. The van der Waals surface area contributed by atoms with Crippen molar-refractivity contribution in [1.29, 1.82) is 0 Å². The molecule has 0 fully saturated rings. The Labute approximate surface area is 200 Å². The molecule has 0 aliphatic heterocycles. The van der Waals surface area contributed by atoms with Gasteiger partial charge in [-0.15, -0.1) is 0 Å². The van der Waals surface area contributed by atoms with Crippen molar-refractivity contribution in [1.82, 2.24) is 0 Å². The Balaban J connectivity index is 1.96. The molecular formula is C26H38Br2O2. The minimum absolute atomic E-state index is 0.788. The first kappa shape index (κ1) is 25.5. The van der Waals surface area contributed by atoms with Crippen LogP contribution in [0.5, 0.6) is 11.5 Å². The minimum Gasteiger partial charge on any atom is -0.493 e. The van der Waals surface area contributed by atoms with Gasteiger partial charge in [0.1, 0.15) is 11.5 Å². The number of benzene rings is 2. The second kappa shape index (κ2) is 16.0. The topological polar surface area (TPSA) is 18.5 Å². The molecule has 2 rings (SSSR count). The summed E-state index contributed by atoms with van der Waals surface area (Å²) in [5.41, 5.74) is 1.25. The lowest BCUT2D eigenvalue weighted by Crippen LogP contribution is -2.03. The molecule has 4 heteroatoms. The van der Waals surface area contributed by atoms with E-state index in [2.05, 4.69) is 69.1 Å². The van der Waals surface area contributed by atoms with Crippen molar-refractivity contribution in [2.24, 2.45) is 0 Å². The molecule has 0 saturated heterocycles. The Morgan fingerprint density at radius 2 is 1.20 bits per heavy atom. The summed E-state index contributed by atoms with van der Waals surface area (Å²) in [4.78, 5) is 0. The van der Waals surface area contributed by atoms with Crippen molar-refractivity contribution in [2.75, 3.05) is 23.9 Å². The van der Waals surface area contributed by atoms with E-state index in [0.717, 1.165) is 54.6 Å². The maximum atomic E-state index is 6.31. The lowest BCUT2D eigenvalue weighted by atomic mass is 10.0. The highest BCUT2D eigenvalue weighted by atomic mass is 79.9. The molecular weight excluding hydrogens is 504 g/mol. The number of fused-ring (bicyclic) bond motifs is 1. The van der Waals surface area contributed by atoms with Crippen LogP contribution in [0.2, 0.25) is 0 Å². The molecule has 0 radical (unpaired) electrons. The third-order valence-electron chi connectivity index (χ3n) is 5.47. The average molecular weight is 542 g/mol. The van der Waals surface area contributed by atoms with Crippen molar-refractivity contribution >= 4 is 42.6 Å². The van der Waals surface area contributed by atoms with Gasteiger partial charge in [-0.25, -0.2) is 0 Å². The molecule has 0 bridgehead atoms. The lowest BCUT2D eigenvalue weighted by molar-refractivity contribution is 0.299. The molecule has 2 aromatic carbocycles. The van der Waals surface area contributed by atoms with Crippen LogP contribution < -0.4 is 9.47 Å². The molecule has 0 aromatic heterocycles. The van der Waals surface area contributed by atoms with Crippen LogP contribution in [0.15, 0.2) is 30.3 Å². The summed E-state index contributed by atoms with van der Waals surface area (Å²) in [6, 6.07) is 10.7. The van der Waals surface area contributed by atoms with Crippen LogP contribution in [0, 0.1) is 0 Å². The molecule has 0 aliphatic rings. The van der Waals surface area contributed by atoms with Crippen LogP contribution in [0.1, 0.15) is 76.7 Å². The molecule has 2 nitrogen and oxygen atoms in total. The second-order valence-electron chi connectivity index (χ2n) is 7.87. The largest absolute Gasteiger partial charge is 0.493 e. The minimum atomic E-state index is 0.788. The summed E-state index contributed by atoms with van der Waals surface area (Å²) in [5.74, 6) is 2.06. The molecule has 0 N–H and O–H groups in total. The summed E-state index contributed by atoms with van der Waals surface area (Å²) >= 11 is 7.00. The van der Waals surface area contributed by atoms with Crippen molar-refractivity contribution in [3.05, 3.63) is 35.9 Å². The average Bonchev–Trinajstić information content (AvgIpc) is 2.78. The first-order chi connectivity index (χ1) is 14.8. The van der Waals surface area contributed by atoms with E-state index >= 15 is 0 Å². The van der Waals surface area contributed by atoms with E-state index in [4.69, 9.17) is 9.47 Å². The SMILES string of the molecule is CCc1cc(OCCCCCCCBr)c2ccccc2c1OCCCCCCCBr. The number of halogens is 2. The maximum Gasteiger partial charge on any atom is 0.130 e. The highest BCUT2D eigenvalue weighted by molar-refractivity contribution is 9.09. The van der Waals surface area contributed by atoms with E-state index in [1.165, 1.54) is 67.7 Å². The summed E-state index contributed by atoms with van der Waals surface area (Å²) in [6.07, 6.45) is 13.4. The van der Waals surface area contributed by atoms with Gasteiger partial charge in [0.05, 0.1) is 13.2 Å². The van der Waals surface area contributed by atoms with E-state index in [1.807, 2.05) is 0 Å². The smallest absolute Gasteiger partial charge is 0.130 e. The zero-order chi connectivity index (χ0) is 21.4. The van der Waals surface area contributed by atoms with E-state index in [-0.39, 0.29) is 0 Å². The van der Waals surface area contributed by atoms with Gasteiger partial charge >= 0.3 is 0 Å². The van der Waals surface area contributed by atoms with Crippen LogP contribution in [0.25, 0.3) is 10.8 Å². The number of hydrogen-bond donors (Lipinski definition) is 0. The van der Waals surface area contributed by atoms with Crippen LogP contribution in [-0.4, -0.2) is 23.9 Å². The van der Waals surface area contributed by atoms with Gasteiger partial charge < -0.3 is 9.47 Å². The molecule has 168 valence electrons. The van der Waals surface area contributed by atoms with E-state index in [9.17, 15) is 0 Å². The summed E-state index contributed by atoms with van der Waals surface area (Å²) in [7, 11) is 0. The van der Waals surface area contributed by atoms with Crippen molar-refractivity contribution < 1.29 is 9.47 Å². The van der Waals surface area contributed by atoms with Crippen LogP contribution in [-0.2, 0) is 6.42 Å². The number of unbranched alkanes of at least 4 members (excludes halogenated alkanes) is 8. The molecule has 0 amide bonds. The second-order valence-corrected chi connectivity index (χ2v) is 9.46. The monoisotopic (exact) mass is 540 g/mol. The third kappa shape index (κ3) is 8.78. The van der Waals surface area contributed by atoms with Gasteiger partial charge in [0.2, 0.25) is 0 Å². The summed E-state index contributed by atoms with van der Waals surface area (Å²) in [6.45, 7) is 3.78. The van der Waals surface area contributed by atoms with Gasteiger partial charge in [0, 0.05) is 21.4 Å². The number of hydrogen-bond acceptors (Lipinski definition) is 2. The number of rotatable bonds is 17. The standard InChI is InChI=1S/C26H38Br2O2/c1-2-22-21-25(29-19-13-7-3-5-11-17-27)23-15-9-10-16-24(23)26(22)30-20-14-8-4-6-12-18-28/h9-10,15-16,21H,2-8,11-14,17-20H2,1H3. The molecule has 0 atom stereocenters. The molecule has 0 aliphatic carbocycles. The van der Waals surface area contributed by atoms with Crippen LogP contribution in [0.4, 0.5) is 0 Å². The van der Waals surface area contributed by atoms with Crippen molar-refractivity contribution in [2.45, 2.75) is 77.6 Å². The normalized spacial score (nSPS) is 11.2. The molecule has 0 unspecified atom stereocenters. The predicted octanol–water partition coefficient (Wildman–Crippen LogP) is 8.85. The molecule has 0 heterocycles. The van der Waals surface area contributed by atoms with Crippen molar-refractivity contribution in [3.63, 3.8) is 0 Å². The van der Waals surface area contributed by atoms with Gasteiger partial charge in [-0.2, -0.15) is 0 Å². The summed E-state index contributed by atoms with van der Waals surface area (Å²) < 4.78 is 12.5. The molecule has 0 saturated carbocycles.